The Morgan fingerprint density at radius 1 is 1.22 bits per heavy atom. The molecule has 1 aliphatic heterocycles. The number of benzene rings is 2. The fourth-order valence-corrected chi connectivity index (χ4v) is 2.84. The van der Waals surface area contributed by atoms with Crippen LogP contribution < -0.4 is 15.4 Å². The van der Waals surface area contributed by atoms with Crippen LogP contribution in [0.25, 0.3) is 0 Å². The van der Waals surface area contributed by atoms with Crippen LogP contribution in [0.15, 0.2) is 42.5 Å². The van der Waals surface area contributed by atoms with E-state index in [2.05, 4.69) is 10.6 Å². The van der Waals surface area contributed by atoms with Gasteiger partial charge in [0.25, 0.3) is 5.91 Å². The van der Waals surface area contributed by atoms with Crippen molar-refractivity contribution in [3.8, 4) is 5.75 Å². The topological polar surface area (TPSA) is 105 Å². The number of aromatic carboxylic acids is 1. The summed E-state index contributed by atoms with van der Waals surface area (Å²) in [5, 5.41) is 14.6. The molecular weight excluding hydrogens is 348 g/mol. The molecule has 0 saturated carbocycles. The lowest BCUT2D eigenvalue weighted by Crippen LogP contribution is -2.28. The molecule has 0 aliphatic carbocycles. The minimum Gasteiger partial charge on any atom is -0.482 e. The molecule has 0 aromatic heterocycles. The summed E-state index contributed by atoms with van der Waals surface area (Å²) >= 11 is 0. The highest BCUT2D eigenvalue weighted by Crippen LogP contribution is 2.30. The van der Waals surface area contributed by atoms with E-state index in [1.54, 1.807) is 24.3 Å². The minimum atomic E-state index is -0.972. The first-order valence-electron chi connectivity index (χ1n) is 8.60. The lowest BCUT2D eigenvalue weighted by atomic mass is 10.0. The largest absolute Gasteiger partial charge is 0.482 e. The van der Waals surface area contributed by atoms with Crippen molar-refractivity contribution in [3.05, 3.63) is 59.2 Å². The molecule has 0 fully saturated rings. The maximum absolute atomic E-state index is 12.2. The average Bonchev–Trinajstić information content (AvgIpc) is 2.66. The van der Waals surface area contributed by atoms with Crippen molar-refractivity contribution in [2.24, 2.45) is 0 Å². The summed E-state index contributed by atoms with van der Waals surface area (Å²) in [6, 6.07) is 11.7. The zero-order chi connectivity index (χ0) is 19.4. The number of aryl methyl sites for hydroxylation is 1. The fraction of sp³-hybridized carbons (Fsp3) is 0.250. The molecule has 0 saturated heterocycles. The average molecular weight is 368 g/mol. The molecule has 0 unspecified atom stereocenters. The number of anilines is 1. The van der Waals surface area contributed by atoms with Gasteiger partial charge in [0.1, 0.15) is 5.75 Å². The lowest BCUT2D eigenvalue weighted by Gasteiger charge is -2.21. The van der Waals surface area contributed by atoms with Crippen LogP contribution in [0.3, 0.4) is 0 Å². The molecule has 1 heterocycles. The van der Waals surface area contributed by atoms with Crippen molar-refractivity contribution in [3.63, 3.8) is 0 Å². The number of hydrogen-bond donors (Lipinski definition) is 3. The number of carbonyl (C=O) groups excluding carboxylic acids is 2. The zero-order valence-corrected chi connectivity index (χ0v) is 14.8. The van der Waals surface area contributed by atoms with Gasteiger partial charge in [0.05, 0.1) is 17.3 Å². The summed E-state index contributed by atoms with van der Waals surface area (Å²) in [4.78, 5) is 34.5. The zero-order valence-electron chi connectivity index (χ0n) is 14.8. The summed E-state index contributed by atoms with van der Waals surface area (Å²) in [6.45, 7) is 1.87. The Kier molecular flexibility index (Phi) is 5.40. The third-order valence-electron chi connectivity index (χ3n) is 4.36. The molecule has 2 aromatic rings. The molecule has 0 spiro atoms. The molecule has 7 heteroatoms. The van der Waals surface area contributed by atoms with Gasteiger partial charge in [-0.2, -0.15) is 0 Å². The number of fused-ring (bicyclic) bond motifs is 1. The van der Waals surface area contributed by atoms with Crippen LogP contribution >= 0.6 is 0 Å². The van der Waals surface area contributed by atoms with E-state index in [1.165, 1.54) is 12.1 Å². The van der Waals surface area contributed by atoms with Gasteiger partial charge in [0.2, 0.25) is 5.91 Å². The van der Waals surface area contributed by atoms with Crippen molar-refractivity contribution < 1.29 is 24.2 Å². The van der Waals surface area contributed by atoms with E-state index >= 15 is 0 Å². The number of carboxylic acids is 1. The fourth-order valence-electron chi connectivity index (χ4n) is 2.84. The molecule has 7 nitrogen and oxygen atoms in total. The Labute approximate surface area is 156 Å². The van der Waals surface area contributed by atoms with Gasteiger partial charge in [0, 0.05) is 6.42 Å². The van der Waals surface area contributed by atoms with Crippen LogP contribution in [0, 0.1) is 0 Å². The standard InChI is InChI=1S/C20H20N2O5/c1-12(15-7-8-17-16(10-15)22-19(24)11-27-17)21-18(23)9-4-13-2-5-14(6-3-13)20(25)26/h2-3,5-8,10,12H,4,9,11H2,1H3,(H,21,23)(H,22,24)(H,25,26)/t12-/m1/s1. The number of ether oxygens (including phenoxy) is 1. The van der Waals surface area contributed by atoms with Gasteiger partial charge in [0.15, 0.2) is 6.61 Å². The van der Waals surface area contributed by atoms with Crippen LogP contribution in [-0.2, 0) is 16.0 Å². The highest BCUT2D eigenvalue weighted by atomic mass is 16.5. The Balaban J connectivity index is 1.55. The van der Waals surface area contributed by atoms with Crippen LogP contribution in [-0.4, -0.2) is 29.5 Å². The van der Waals surface area contributed by atoms with Crippen LogP contribution in [0.2, 0.25) is 0 Å². The van der Waals surface area contributed by atoms with Crippen LogP contribution in [0.4, 0.5) is 5.69 Å². The maximum atomic E-state index is 12.2. The first-order chi connectivity index (χ1) is 12.9. The predicted octanol–water partition coefficient (Wildman–Crippen LogP) is 2.53. The van der Waals surface area contributed by atoms with Crippen molar-refractivity contribution >= 4 is 23.5 Å². The van der Waals surface area contributed by atoms with E-state index < -0.39 is 5.97 Å². The second-order valence-corrected chi connectivity index (χ2v) is 6.38. The SMILES string of the molecule is C[C@@H](NC(=O)CCc1ccc(C(=O)O)cc1)c1ccc2c(c1)NC(=O)CO2. The van der Waals surface area contributed by atoms with E-state index in [4.69, 9.17) is 9.84 Å². The first kappa shape index (κ1) is 18.4. The monoisotopic (exact) mass is 368 g/mol. The molecular formula is C20H20N2O5. The predicted molar refractivity (Wildman–Crippen MR) is 98.8 cm³/mol. The van der Waals surface area contributed by atoms with Gasteiger partial charge in [-0.3, -0.25) is 9.59 Å². The number of carboxylic acid groups (broad SMARTS) is 1. The molecule has 1 atom stereocenters. The Morgan fingerprint density at radius 2 is 1.96 bits per heavy atom. The molecule has 3 N–H and O–H groups in total. The summed E-state index contributed by atoms with van der Waals surface area (Å²) < 4.78 is 5.33. The van der Waals surface area contributed by atoms with Crippen molar-refractivity contribution in [1.82, 2.24) is 5.32 Å². The van der Waals surface area contributed by atoms with Crippen molar-refractivity contribution in [2.45, 2.75) is 25.8 Å². The Hall–Kier alpha value is -3.35. The number of carbonyl (C=O) groups is 3. The second-order valence-electron chi connectivity index (χ2n) is 6.38. The Morgan fingerprint density at radius 3 is 2.67 bits per heavy atom. The van der Waals surface area contributed by atoms with Crippen LogP contribution in [0.5, 0.6) is 5.75 Å². The summed E-state index contributed by atoms with van der Waals surface area (Å²) in [5.41, 5.74) is 2.58. The number of rotatable bonds is 6. The van der Waals surface area contributed by atoms with Crippen molar-refractivity contribution in [2.75, 3.05) is 11.9 Å². The molecule has 1 aliphatic rings. The first-order valence-corrected chi connectivity index (χ1v) is 8.60. The molecule has 0 radical (unpaired) electrons. The maximum Gasteiger partial charge on any atom is 0.335 e. The highest BCUT2D eigenvalue weighted by Gasteiger charge is 2.18. The quantitative estimate of drug-likeness (QED) is 0.727. The molecule has 140 valence electrons. The van der Waals surface area contributed by atoms with E-state index in [0.717, 1.165) is 11.1 Å². The van der Waals surface area contributed by atoms with Gasteiger partial charge in [-0.15, -0.1) is 0 Å². The van der Waals surface area contributed by atoms with E-state index in [-0.39, 0.29) is 30.0 Å². The normalized spacial score (nSPS) is 13.7. The smallest absolute Gasteiger partial charge is 0.335 e. The number of hydrogen-bond acceptors (Lipinski definition) is 4. The van der Waals surface area contributed by atoms with E-state index in [1.807, 2.05) is 13.0 Å². The summed E-state index contributed by atoms with van der Waals surface area (Å²) in [6.07, 6.45) is 0.814. The molecule has 27 heavy (non-hydrogen) atoms. The van der Waals surface area contributed by atoms with E-state index in [0.29, 0.717) is 24.3 Å². The molecule has 0 bridgehead atoms. The summed E-state index contributed by atoms with van der Waals surface area (Å²) in [7, 11) is 0. The summed E-state index contributed by atoms with van der Waals surface area (Å²) in [5.74, 6) is -0.672. The van der Waals surface area contributed by atoms with Crippen molar-refractivity contribution in [1.29, 1.82) is 0 Å². The van der Waals surface area contributed by atoms with Gasteiger partial charge >= 0.3 is 5.97 Å². The molecule has 2 amide bonds. The minimum absolute atomic E-state index is 0.00603. The van der Waals surface area contributed by atoms with Gasteiger partial charge in [-0.25, -0.2) is 4.79 Å². The number of amides is 2. The molecule has 3 rings (SSSR count). The second kappa shape index (κ2) is 7.90. The van der Waals surface area contributed by atoms with Crippen LogP contribution in [0.1, 0.15) is 40.9 Å². The lowest BCUT2D eigenvalue weighted by molar-refractivity contribution is -0.121. The van der Waals surface area contributed by atoms with E-state index in [9.17, 15) is 14.4 Å². The van der Waals surface area contributed by atoms with Gasteiger partial charge in [-0.05, 0) is 48.7 Å². The third-order valence-corrected chi connectivity index (χ3v) is 4.36. The third kappa shape index (κ3) is 4.63. The molecule has 2 aromatic carbocycles. The highest BCUT2D eigenvalue weighted by molar-refractivity contribution is 5.95. The van der Waals surface area contributed by atoms with Gasteiger partial charge in [-0.1, -0.05) is 18.2 Å². The van der Waals surface area contributed by atoms with Gasteiger partial charge < -0.3 is 20.5 Å². The number of nitrogens with one attached hydrogen (secondary N) is 2. The Bertz CT molecular complexity index is 876.